The number of rotatable bonds is 6. The van der Waals surface area contributed by atoms with Crippen LogP contribution in [0.3, 0.4) is 0 Å². The Morgan fingerprint density at radius 3 is 2.44 bits per heavy atom. The minimum Gasteiger partial charge on any atom is -0.495 e. The number of methoxy groups -OCH3 is 2. The zero-order valence-corrected chi connectivity index (χ0v) is 13.9. The first kappa shape index (κ1) is 16.7. The number of benzene rings is 2. The second-order valence-electron chi connectivity index (χ2n) is 5.27. The molecule has 0 radical (unpaired) electrons. The van der Waals surface area contributed by atoms with Gasteiger partial charge in [0, 0.05) is 7.11 Å². The summed E-state index contributed by atoms with van der Waals surface area (Å²) in [6, 6.07) is 14.7. The van der Waals surface area contributed by atoms with Crippen molar-refractivity contribution >= 4 is 11.6 Å². The van der Waals surface area contributed by atoms with Gasteiger partial charge in [-0.15, -0.1) is 10.2 Å². The highest BCUT2D eigenvalue weighted by Crippen LogP contribution is 2.28. The van der Waals surface area contributed by atoms with E-state index in [-0.39, 0.29) is 5.91 Å². The summed E-state index contributed by atoms with van der Waals surface area (Å²) < 4.78 is 12.4. The predicted octanol–water partition coefficient (Wildman–Crippen LogP) is 2.60. The molecule has 2 aromatic carbocycles. The van der Waals surface area contributed by atoms with Gasteiger partial charge in [0.15, 0.2) is 6.10 Å². The molecule has 1 N–H and O–H groups in total. The van der Waals surface area contributed by atoms with E-state index in [0.717, 1.165) is 11.3 Å². The summed E-state index contributed by atoms with van der Waals surface area (Å²) in [5.41, 5.74) is 2.11. The topological polar surface area (TPSA) is 78.3 Å². The smallest absolute Gasteiger partial charge is 0.258 e. The van der Waals surface area contributed by atoms with Gasteiger partial charge in [0.2, 0.25) is 0 Å². The standard InChI is InChI=1S/C18H18N4O3/c1-24-16-9-8-14(22-11-19-20-12-22)10-15(16)21-18(23)17(25-2)13-6-4-3-5-7-13/h3-12,17H,1-2H3,(H,21,23)/t17-/m0/s1. The Balaban J connectivity index is 1.88. The van der Waals surface area contributed by atoms with Crippen molar-refractivity contribution in [3.05, 3.63) is 66.7 Å². The second-order valence-corrected chi connectivity index (χ2v) is 5.27. The molecule has 3 aromatic rings. The van der Waals surface area contributed by atoms with Crippen molar-refractivity contribution in [2.24, 2.45) is 0 Å². The third-order valence-corrected chi connectivity index (χ3v) is 3.73. The number of hydrogen-bond donors (Lipinski definition) is 1. The Morgan fingerprint density at radius 2 is 1.80 bits per heavy atom. The molecule has 1 atom stereocenters. The molecule has 0 aliphatic carbocycles. The van der Waals surface area contributed by atoms with Gasteiger partial charge in [-0.1, -0.05) is 30.3 Å². The lowest BCUT2D eigenvalue weighted by atomic mass is 10.1. The quantitative estimate of drug-likeness (QED) is 0.747. The van der Waals surface area contributed by atoms with Crippen LogP contribution in [0.2, 0.25) is 0 Å². The van der Waals surface area contributed by atoms with Gasteiger partial charge < -0.3 is 14.8 Å². The van der Waals surface area contributed by atoms with Crippen LogP contribution in [0.1, 0.15) is 11.7 Å². The number of amides is 1. The molecule has 0 saturated heterocycles. The average Bonchev–Trinajstić information content (AvgIpc) is 3.18. The van der Waals surface area contributed by atoms with E-state index in [0.29, 0.717) is 11.4 Å². The Bertz CT molecular complexity index is 835. The van der Waals surface area contributed by atoms with Gasteiger partial charge >= 0.3 is 0 Å². The lowest BCUT2D eigenvalue weighted by Gasteiger charge is -2.17. The van der Waals surface area contributed by atoms with Crippen LogP contribution in [0.4, 0.5) is 5.69 Å². The van der Waals surface area contributed by atoms with Crippen molar-refractivity contribution < 1.29 is 14.3 Å². The van der Waals surface area contributed by atoms with Crippen molar-refractivity contribution in [2.75, 3.05) is 19.5 Å². The summed E-state index contributed by atoms with van der Waals surface area (Å²) >= 11 is 0. The van der Waals surface area contributed by atoms with Crippen LogP contribution in [-0.4, -0.2) is 34.9 Å². The largest absolute Gasteiger partial charge is 0.495 e. The monoisotopic (exact) mass is 338 g/mol. The van der Waals surface area contributed by atoms with Crippen LogP contribution in [0.25, 0.3) is 5.69 Å². The van der Waals surface area contributed by atoms with Gasteiger partial charge in [0.1, 0.15) is 18.4 Å². The van der Waals surface area contributed by atoms with E-state index in [4.69, 9.17) is 9.47 Å². The molecule has 7 nitrogen and oxygen atoms in total. The van der Waals surface area contributed by atoms with Crippen molar-refractivity contribution in [2.45, 2.75) is 6.10 Å². The van der Waals surface area contributed by atoms with Gasteiger partial charge in [0.05, 0.1) is 18.5 Å². The third kappa shape index (κ3) is 3.67. The maximum Gasteiger partial charge on any atom is 0.258 e. The van der Waals surface area contributed by atoms with Crippen LogP contribution in [0, 0.1) is 0 Å². The fourth-order valence-electron chi connectivity index (χ4n) is 2.51. The highest BCUT2D eigenvalue weighted by Gasteiger charge is 2.21. The van der Waals surface area contributed by atoms with Gasteiger partial charge in [-0.05, 0) is 23.8 Å². The maximum atomic E-state index is 12.7. The van der Waals surface area contributed by atoms with Crippen molar-refractivity contribution in [3.63, 3.8) is 0 Å². The summed E-state index contributed by atoms with van der Waals surface area (Å²) in [4.78, 5) is 12.7. The SMILES string of the molecule is COc1ccc(-n2cnnc2)cc1NC(=O)[C@@H](OC)c1ccccc1. The first-order valence-electron chi connectivity index (χ1n) is 7.64. The van der Waals surface area contributed by atoms with Crippen LogP contribution >= 0.6 is 0 Å². The van der Waals surface area contributed by atoms with Crippen LogP contribution in [0.5, 0.6) is 5.75 Å². The molecule has 0 unspecified atom stereocenters. The minimum atomic E-state index is -0.718. The number of hydrogen-bond acceptors (Lipinski definition) is 5. The van der Waals surface area contributed by atoms with Crippen molar-refractivity contribution in [1.29, 1.82) is 0 Å². The lowest BCUT2D eigenvalue weighted by molar-refractivity contribution is -0.126. The summed E-state index contributed by atoms with van der Waals surface area (Å²) in [7, 11) is 3.05. The summed E-state index contributed by atoms with van der Waals surface area (Å²) in [6.07, 6.45) is 2.44. The molecule has 1 aromatic heterocycles. The molecule has 0 aliphatic heterocycles. The van der Waals surface area contributed by atoms with E-state index >= 15 is 0 Å². The van der Waals surface area contributed by atoms with Crippen LogP contribution in [-0.2, 0) is 9.53 Å². The fourth-order valence-corrected chi connectivity index (χ4v) is 2.51. The van der Waals surface area contributed by atoms with E-state index in [9.17, 15) is 4.79 Å². The molecule has 25 heavy (non-hydrogen) atoms. The van der Waals surface area contributed by atoms with E-state index in [1.54, 1.807) is 36.5 Å². The van der Waals surface area contributed by atoms with E-state index in [1.165, 1.54) is 7.11 Å². The molecule has 0 aliphatic rings. The summed E-state index contributed by atoms with van der Waals surface area (Å²) in [5, 5.41) is 10.4. The highest BCUT2D eigenvalue weighted by atomic mass is 16.5. The lowest BCUT2D eigenvalue weighted by Crippen LogP contribution is -2.23. The number of carbonyl (C=O) groups excluding carboxylic acids is 1. The van der Waals surface area contributed by atoms with Crippen molar-refractivity contribution in [1.82, 2.24) is 14.8 Å². The third-order valence-electron chi connectivity index (χ3n) is 3.73. The first-order chi connectivity index (χ1) is 12.2. The highest BCUT2D eigenvalue weighted by molar-refractivity contribution is 5.96. The number of aromatic nitrogens is 3. The van der Waals surface area contributed by atoms with E-state index < -0.39 is 6.10 Å². The number of ether oxygens (including phenoxy) is 2. The zero-order valence-electron chi connectivity index (χ0n) is 13.9. The molecule has 0 spiro atoms. The summed E-state index contributed by atoms with van der Waals surface area (Å²) in [6.45, 7) is 0. The zero-order chi connectivity index (χ0) is 17.6. The molecular formula is C18H18N4O3. The van der Waals surface area contributed by atoms with Gasteiger partial charge in [-0.25, -0.2) is 0 Å². The molecule has 1 amide bonds. The molecule has 128 valence electrons. The Morgan fingerprint density at radius 1 is 1.08 bits per heavy atom. The number of anilines is 1. The normalized spacial score (nSPS) is 11.8. The second kappa shape index (κ2) is 7.59. The molecule has 3 rings (SSSR count). The Kier molecular flexibility index (Phi) is 5.06. The maximum absolute atomic E-state index is 12.7. The Labute approximate surface area is 145 Å². The molecule has 7 heteroatoms. The van der Waals surface area contributed by atoms with Crippen LogP contribution < -0.4 is 10.1 Å². The van der Waals surface area contributed by atoms with Crippen LogP contribution in [0.15, 0.2) is 61.2 Å². The number of nitrogens with zero attached hydrogens (tertiary/aromatic N) is 3. The van der Waals surface area contributed by atoms with E-state index in [1.807, 2.05) is 36.4 Å². The molecule has 1 heterocycles. The van der Waals surface area contributed by atoms with E-state index in [2.05, 4.69) is 15.5 Å². The number of carbonyl (C=O) groups is 1. The van der Waals surface area contributed by atoms with Crippen molar-refractivity contribution in [3.8, 4) is 11.4 Å². The van der Waals surface area contributed by atoms with Gasteiger partial charge in [0.25, 0.3) is 5.91 Å². The first-order valence-corrected chi connectivity index (χ1v) is 7.64. The van der Waals surface area contributed by atoms with Gasteiger partial charge in [-0.3, -0.25) is 9.36 Å². The average molecular weight is 338 g/mol. The molecule has 0 bridgehead atoms. The minimum absolute atomic E-state index is 0.284. The van der Waals surface area contributed by atoms with Gasteiger partial charge in [-0.2, -0.15) is 0 Å². The summed E-state index contributed by atoms with van der Waals surface area (Å²) in [5.74, 6) is 0.265. The number of nitrogens with one attached hydrogen (secondary N) is 1. The fraction of sp³-hybridized carbons (Fsp3) is 0.167. The Hall–Kier alpha value is -3.19. The molecular weight excluding hydrogens is 320 g/mol. The molecule has 0 saturated carbocycles. The molecule has 0 fully saturated rings. The predicted molar refractivity (Wildman–Crippen MR) is 92.7 cm³/mol.